The van der Waals surface area contributed by atoms with Crippen molar-refractivity contribution in [2.24, 2.45) is 0 Å². The Bertz CT molecular complexity index is 725. The predicted molar refractivity (Wildman–Crippen MR) is 77.0 cm³/mol. The maximum absolute atomic E-state index is 13.8. The number of nitro benzene ring substituents is 1. The zero-order valence-corrected chi connectivity index (χ0v) is 11.7. The largest absolute Gasteiger partial charge is 0.294 e. The number of hydrogen-bond donors (Lipinski definition) is 0. The Balaban J connectivity index is 2.24. The van der Waals surface area contributed by atoms with Crippen molar-refractivity contribution in [1.29, 1.82) is 0 Å². The lowest BCUT2D eigenvalue weighted by Gasteiger charge is -2.06. The fourth-order valence-electron chi connectivity index (χ4n) is 2.04. The molecule has 0 unspecified atom stereocenters. The van der Waals surface area contributed by atoms with Crippen LogP contribution in [0.15, 0.2) is 36.4 Å². The fourth-order valence-corrected chi connectivity index (χ4v) is 2.04. The van der Waals surface area contributed by atoms with Crippen LogP contribution in [0.5, 0.6) is 0 Å². The van der Waals surface area contributed by atoms with Crippen LogP contribution in [0.3, 0.4) is 0 Å². The zero-order valence-electron chi connectivity index (χ0n) is 11.7. The van der Waals surface area contributed by atoms with Crippen molar-refractivity contribution in [2.45, 2.75) is 20.3 Å². The van der Waals surface area contributed by atoms with Crippen LogP contribution >= 0.6 is 0 Å². The molecule has 4 nitrogen and oxygen atoms in total. The topological polar surface area (TPSA) is 60.2 Å². The summed E-state index contributed by atoms with van der Waals surface area (Å²) in [4.78, 5) is 22.0. The summed E-state index contributed by atoms with van der Waals surface area (Å²) in [6.07, 6.45) is 0.0653. The van der Waals surface area contributed by atoms with Gasteiger partial charge in [-0.3, -0.25) is 14.9 Å². The summed E-state index contributed by atoms with van der Waals surface area (Å²) in [5.74, 6) is -1.26. The Kier molecular flexibility index (Phi) is 4.12. The van der Waals surface area contributed by atoms with Crippen molar-refractivity contribution in [3.8, 4) is 0 Å². The maximum Gasteiger partial charge on any atom is 0.272 e. The highest BCUT2D eigenvalue weighted by molar-refractivity contribution is 5.98. The molecular weight excluding hydrogens is 273 g/mol. The van der Waals surface area contributed by atoms with Crippen LogP contribution in [-0.4, -0.2) is 10.7 Å². The van der Waals surface area contributed by atoms with E-state index in [4.69, 9.17) is 0 Å². The second kappa shape index (κ2) is 5.83. The minimum absolute atomic E-state index is 0.0653. The van der Waals surface area contributed by atoms with Gasteiger partial charge in [-0.2, -0.15) is 0 Å². The van der Waals surface area contributed by atoms with E-state index < -0.39 is 16.5 Å². The van der Waals surface area contributed by atoms with E-state index >= 15 is 0 Å². The summed E-state index contributed by atoms with van der Waals surface area (Å²) < 4.78 is 13.8. The SMILES string of the molecule is Cc1ccc(CC(=O)c2ccc([N+](=O)[O-])cc2F)cc1C. The molecule has 21 heavy (non-hydrogen) atoms. The van der Waals surface area contributed by atoms with Gasteiger partial charge >= 0.3 is 0 Å². The molecular formula is C16H14FNO3. The van der Waals surface area contributed by atoms with Gasteiger partial charge < -0.3 is 0 Å². The maximum atomic E-state index is 13.8. The first-order valence-electron chi connectivity index (χ1n) is 6.42. The van der Waals surface area contributed by atoms with Gasteiger partial charge in [-0.25, -0.2) is 4.39 Å². The Morgan fingerprint density at radius 2 is 1.86 bits per heavy atom. The van der Waals surface area contributed by atoms with Crippen LogP contribution in [0.1, 0.15) is 27.0 Å². The van der Waals surface area contributed by atoms with Gasteiger partial charge in [0.25, 0.3) is 5.69 Å². The van der Waals surface area contributed by atoms with Crippen LogP contribution in [0.2, 0.25) is 0 Å². The number of nitro groups is 1. The molecule has 0 amide bonds. The molecule has 2 rings (SSSR count). The minimum atomic E-state index is -0.863. The highest BCUT2D eigenvalue weighted by atomic mass is 19.1. The Hall–Kier alpha value is -2.56. The first kappa shape index (κ1) is 14.8. The van der Waals surface area contributed by atoms with E-state index in [0.29, 0.717) is 0 Å². The fraction of sp³-hybridized carbons (Fsp3) is 0.188. The first-order chi connectivity index (χ1) is 9.88. The quantitative estimate of drug-likeness (QED) is 0.488. The Morgan fingerprint density at radius 1 is 1.14 bits per heavy atom. The lowest BCUT2D eigenvalue weighted by molar-refractivity contribution is -0.385. The summed E-state index contributed by atoms with van der Waals surface area (Å²) in [5, 5.41) is 10.5. The molecule has 0 aliphatic carbocycles. The summed E-state index contributed by atoms with van der Waals surface area (Å²) in [7, 11) is 0. The van der Waals surface area contributed by atoms with Crippen LogP contribution in [0.25, 0.3) is 0 Å². The van der Waals surface area contributed by atoms with Gasteiger partial charge in [0.15, 0.2) is 5.78 Å². The Morgan fingerprint density at radius 3 is 2.43 bits per heavy atom. The number of halogens is 1. The van der Waals surface area contributed by atoms with Crippen LogP contribution in [-0.2, 0) is 6.42 Å². The molecule has 2 aromatic carbocycles. The minimum Gasteiger partial charge on any atom is -0.294 e. The van der Waals surface area contributed by atoms with E-state index in [1.165, 1.54) is 0 Å². The third kappa shape index (κ3) is 3.31. The van der Waals surface area contributed by atoms with E-state index in [2.05, 4.69) is 0 Å². The average Bonchev–Trinajstić information content (AvgIpc) is 2.42. The third-order valence-electron chi connectivity index (χ3n) is 3.40. The number of Topliss-reactive ketones (excluding diaryl/α,β-unsaturated/α-hetero) is 1. The number of hydrogen-bond acceptors (Lipinski definition) is 3. The predicted octanol–water partition coefficient (Wildman–Crippen LogP) is 3.78. The lowest BCUT2D eigenvalue weighted by Crippen LogP contribution is -2.07. The van der Waals surface area contributed by atoms with E-state index in [9.17, 15) is 19.3 Å². The lowest BCUT2D eigenvalue weighted by atomic mass is 9.99. The molecule has 0 atom stereocenters. The van der Waals surface area contributed by atoms with Crippen LogP contribution < -0.4 is 0 Å². The van der Waals surface area contributed by atoms with Gasteiger partial charge in [0, 0.05) is 12.5 Å². The number of benzene rings is 2. The van der Waals surface area contributed by atoms with Gasteiger partial charge in [-0.15, -0.1) is 0 Å². The molecule has 5 heteroatoms. The van der Waals surface area contributed by atoms with E-state index in [0.717, 1.165) is 34.9 Å². The molecule has 0 radical (unpaired) electrons. The normalized spacial score (nSPS) is 10.4. The number of carbonyl (C=O) groups is 1. The van der Waals surface area contributed by atoms with Crippen molar-refractivity contribution >= 4 is 11.5 Å². The van der Waals surface area contributed by atoms with Gasteiger partial charge in [0.2, 0.25) is 0 Å². The summed E-state index contributed by atoms with van der Waals surface area (Å²) in [6, 6.07) is 8.69. The number of nitrogens with zero attached hydrogens (tertiary/aromatic N) is 1. The van der Waals surface area contributed by atoms with Gasteiger partial charge in [-0.1, -0.05) is 18.2 Å². The van der Waals surface area contributed by atoms with Crippen LogP contribution in [0.4, 0.5) is 10.1 Å². The number of non-ortho nitro benzene ring substituents is 1. The molecule has 0 aliphatic heterocycles. The number of rotatable bonds is 4. The summed E-state index contributed by atoms with van der Waals surface area (Å²) in [6.45, 7) is 3.91. The molecule has 0 saturated heterocycles. The van der Waals surface area contributed by atoms with Crippen molar-refractivity contribution in [3.63, 3.8) is 0 Å². The van der Waals surface area contributed by atoms with E-state index in [-0.39, 0.29) is 17.7 Å². The van der Waals surface area contributed by atoms with Gasteiger partial charge in [0.05, 0.1) is 16.6 Å². The number of aryl methyl sites for hydroxylation is 2. The second-order valence-electron chi connectivity index (χ2n) is 4.94. The molecule has 0 bridgehead atoms. The van der Waals surface area contributed by atoms with Gasteiger partial charge in [-0.05, 0) is 36.6 Å². The van der Waals surface area contributed by atoms with E-state index in [1.807, 2.05) is 32.0 Å². The van der Waals surface area contributed by atoms with Gasteiger partial charge in [0.1, 0.15) is 5.82 Å². The van der Waals surface area contributed by atoms with Crippen molar-refractivity contribution in [3.05, 3.63) is 74.6 Å². The van der Waals surface area contributed by atoms with Crippen molar-refractivity contribution in [2.75, 3.05) is 0 Å². The first-order valence-corrected chi connectivity index (χ1v) is 6.42. The molecule has 0 fully saturated rings. The summed E-state index contributed by atoms with van der Waals surface area (Å²) >= 11 is 0. The molecule has 108 valence electrons. The highest BCUT2D eigenvalue weighted by Crippen LogP contribution is 2.19. The molecule has 0 heterocycles. The standard InChI is InChI=1S/C16H14FNO3/c1-10-3-4-12(7-11(10)2)8-16(19)14-6-5-13(18(20)21)9-15(14)17/h3-7,9H,8H2,1-2H3. The molecule has 0 aromatic heterocycles. The summed E-state index contributed by atoms with van der Waals surface area (Å²) in [5.41, 5.74) is 2.48. The van der Waals surface area contributed by atoms with Crippen LogP contribution in [0, 0.1) is 29.8 Å². The second-order valence-corrected chi connectivity index (χ2v) is 4.94. The molecule has 0 N–H and O–H groups in total. The zero-order chi connectivity index (χ0) is 15.6. The monoisotopic (exact) mass is 287 g/mol. The molecule has 0 aliphatic rings. The average molecular weight is 287 g/mol. The third-order valence-corrected chi connectivity index (χ3v) is 3.40. The number of ketones is 1. The molecule has 2 aromatic rings. The number of carbonyl (C=O) groups excluding carboxylic acids is 1. The molecule has 0 saturated carbocycles. The van der Waals surface area contributed by atoms with E-state index in [1.54, 1.807) is 0 Å². The molecule has 0 spiro atoms. The smallest absolute Gasteiger partial charge is 0.272 e. The van der Waals surface area contributed by atoms with Crippen molar-refractivity contribution < 1.29 is 14.1 Å². The highest BCUT2D eigenvalue weighted by Gasteiger charge is 2.16. The Labute approximate surface area is 121 Å². The van der Waals surface area contributed by atoms with Crippen molar-refractivity contribution in [1.82, 2.24) is 0 Å².